The maximum atomic E-state index is 13.5. The van der Waals surface area contributed by atoms with Gasteiger partial charge in [-0.05, 0) is 17.5 Å². The molecule has 0 spiro atoms. The lowest BCUT2D eigenvalue weighted by atomic mass is 9.83. The van der Waals surface area contributed by atoms with Crippen molar-refractivity contribution in [3.63, 3.8) is 0 Å². The molecule has 1 aliphatic heterocycles. The molecule has 1 atom stereocenters. The van der Waals surface area contributed by atoms with Gasteiger partial charge in [-0.2, -0.15) is 0 Å². The van der Waals surface area contributed by atoms with Gasteiger partial charge < -0.3 is 10.6 Å². The largest absolute Gasteiger partial charge is 0.355 e. The van der Waals surface area contributed by atoms with E-state index in [-0.39, 0.29) is 12.5 Å². The summed E-state index contributed by atoms with van der Waals surface area (Å²) in [4.78, 5) is 39.6. The Morgan fingerprint density at radius 2 is 1.63 bits per heavy atom. The van der Waals surface area contributed by atoms with E-state index in [0.717, 1.165) is 36.1 Å². The van der Waals surface area contributed by atoms with Gasteiger partial charge in [-0.15, -0.1) is 0 Å². The average Bonchev–Trinajstić information content (AvgIpc) is 3.00. The number of amides is 4. The highest BCUT2D eigenvalue weighted by atomic mass is 16.2. The topological polar surface area (TPSA) is 78.5 Å². The molecule has 1 heterocycles. The summed E-state index contributed by atoms with van der Waals surface area (Å²) in [6.45, 7) is 2.41. The molecule has 1 fully saturated rings. The highest BCUT2D eigenvalue weighted by Crippen LogP contribution is 2.32. The first kappa shape index (κ1) is 21.6. The SMILES string of the molecule is CCCCCCNC(=O)CN1C(=O)N[C@@](Cc2ccccc2)(c2ccccc2)C1=O. The van der Waals surface area contributed by atoms with Crippen molar-refractivity contribution in [2.24, 2.45) is 0 Å². The van der Waals surface area contributed by atoms with E-state index >= 15 is 0 Å². The van der Waals surface area contributed by atoms with Crippen molar-refractivity contribution >= 4 is 17.8 Å². The second-order valence-corrected chi connectivity index (χ2v) is 7.67. The van der Waals surface area contributed by atoms with Crippen LogP contribution >= 0.6 is 0 Å². The van der Waals surface area contributed by atoms with Crippen LogP contribution in [0.5, 0.6) is 0 Å². The van der Waals surface area contributed by atoms with Crippen LogP contribution in [-0.2, 0) is 21.5 Å². The Morgan fingerprint density at radius 1 is 0.967 bits per heavy atom. The first-order chi connectivity index (χ1) is 14.6. The molecule has 0 aliphatic carbocycles. The van der Waals surface area contributed by atoms with E-state index in [1.807, 2.05) is 60.7 Å². The summed E-state index contributed by atoms with van der Waals surface area (Å²) in [5.74, 6) is -0.720. The summed E-state index contributed by atoms with van der Waals surface area (Å²) in [6, 6.07) is 18.2. The molecule has 0 saturated carbocycles. The van der Waals surface area contributed by atoms with E-state index in [4.69, 9.17) is 0 Å². The normalized spacial score (nSPS) is 18.4. The Labute approximate surface area is 177 Å². The highest BCUT2D eigenvalue weighted by Gasteiger charge is 2.52. The summed E-state index contributed by atoms with van der Waals surface area (Å²) in [6.07, 6.45) is 4.51. The molecule has 1 saturated heterocycles. The third-order valence-corrected chi connectivity index (χ3v) is 5.41. The standard InChI is InChI=1S/C24H29N3O3/c1-2-3-4-11-16-25-21(28)18-27-22(29)24(26-23(27)30,20-14-9-6-10-15-20)17-19-12-7-5-8-13-19/h5-10,12-15H,2-4,11,16-18H2,1H3,(H,25,28)(H,26,30)/t24-/m0/s1. The van der Waals surface area contributed by atoms with Crippen molar-refractivity contribution in [3.8, 4) is 0 Å². The fourth-order valence-electron chi connectivity index (χ4n) is 3.79. The number of nitrogens with zero attached hydrogens (tertiary/aromatic N) is 1. The molecule has 2 aromatic carbocycles. The highest BCUT2D eigenvalue weighted by molar-refractivity contribution is 6.09. The molecule has 0 unspecified atom stereocenters. The van der Waals surface area contributed by atoms with E-state index in [1.165, 1.54) is 0 Å². The second kappa shape index (κ2) is 10.1. The van der Waals surface area contributed by atoms with Gasteiger partial charge in [0.25, 0.3) is 5.91 Å². The average molecular weight is 408 g/mol. The number of hydrogen-bond donors (Lipinski definition) is 2. The van der Waals surface area contributed by atoms with Crippen LogP contribution in [0.15, 0.2) is 60.7 Å². The minimum Gasteiger partial charge on any atom is -0.355 e. The summed E-state index contributed by atoms with van der Waals surface area (Å²) < 4.78 is 0. The molecule has 30 heavy (non-hydrogen) atoms. The molecule has 158 valence electrons. The van der Waals surface area contributed by atoms with Gasteiger partial charge in [0.2, 0.25) is 5.91 Å². The van der Waals surface area contributed by atoms with Gasteiger partial charge in [-0.1, -0.05) is 86.8 Å². The van der Waals surface area contributed by atoms with E-state index in [1.54, 1.807) is 0 Å². The molecule has 0 bridgehead atoms. The number of unbranched alkanes of at least 4 members (excludes halogenated alkanes) is 3. The third-order valence-electron chi connectivity index (χ3n) is 5.41. The van der Waals surface area contributed by atoms with Crippen LogP contribution in [0.4, 0.5) is 4.79 Å². The number of benzene rings is 2. The van der Waals surface area contributed by atoms with Crippen LogP contribution in [0, 0.1) is 0 Å². The van der Waals surface area contributed by atoms with Gasteiger partial charge in [0.05, 0.1) is 0 Å². The van der Waals surface area contributed by atoms with E-state index in [9.17, 15) is 14.4 Å². The van der Waals surface area contributed by atoms with Gasteiger partial charge >= 0.3 is 6.03 Å². The second-order valence-electron chi connectivity index (χ2n) is 7.67. The van der Waals surface area contributed by atoms with E-state index in [2.05, 4.69) is 17.6 Å². The molecular weight excluding hydrogens is 378 g/mol. The smallest absolute Gasteiger partial charge is 0.325 e. The molecule has 3 rings (SSSR count). The van der Waals surface area contributed by atoms with Crippen LogP contribution in [0.1, 0.15) is 43.7 Å². The quantitative estimate of drug-likeness (QED) is 0.468. The Hall–Kier alpha value is -3.15. The lowest BCUT2D eigenvalue weighted by Crippen LogP contribution is -2.47. The van der Waals surface area contributed by atoms with E-state index < -0.39 is 17.5 Å². The van der Waals surface area contributed by atoms with Gasteiger partial charge in [-0.3, -0.25) is 14.5 Å². The maximum absolute atomic E-state index is 13.5. The van der Waals surface area contributed by atoms with Crippen molar-refractivity contribution in [1.82, 2.24) is 15.5 Å². The van der Waals surface area contributed by atoms with Gasteiger partial charge in [-0.25, -0.2) is 4.79 Å². The fraction of sp³-hybridized carbons (Fsp3) is 0.375. The number of carbonyl (C=O) groups excluding carboxylic acids is 3. The molecule has 4 amide bonds. The minimum atomic E-state index is -1.22. The number of nitrogens with one attached hydrogen (secondary N) is 2. The van der Waals surface area contributed by atoms with Crippen molar-refractivity contribution in [2.45, 2.75) is 44.6 Å². The molecular formula is C24H29N3O3. The lowest BCUT2D eigenvalue weighted by molar-refractivity contribution is -0.135. The van der Waals surface area contributed by atoms with E-state index in [0.29, 0.717) is 18.5 Å². The minimum absolute atomic E-state index is 0.276. The molecule has 1 aliphatic rings. The predicted octanol–water partition coefficient (Wildman–Crippen LogP) is 3.37. The van der Waals surface area contributed by atoms with Crippen molar-refractivity contribution < 1.29 is 14.4 Å². The summed E-state index contributed by atoms with van der Waals surface area (Å²) in [5.41, 5.74) is 0.410. The molecule has 2 N–H and O–H groups in total. The number of hydrogen-bond acceptors (Lipinski definition) is 3. The monoisotopic (exact) mass is 407 g/mol. The number of carbonyl (C=O) groups is 3. The summed E-state index contributed by atoms with van der Waals surface area (Å²) in [7, 11) is 0. The Kier molecular flexibility index (Phi) is 7.22. The van der Waals surface area contributed by atoms with Crippen molar-refractivity contribution in [3.05, 3.63) is 71.8 Å². The molecule has 0 aromatic heterocycles. The number of rotatable bonds is 10. The fourth-order valence-corrected chi connectivity index (χ4v) is 3.79. The Morgan fingerprint density at radius 3 is 2.30 bits per heavy atom. The molecule has 0 radical (unpaired) electrons. The summed E-state index contributed by atoms with van der Waals surface area (Å²) in [5, 5.41) is 5.69. The molecule has 6 heteroatoms. The molecule has 6 nitrogen and oxygen atoms in total. The van der Waals surface area contributed by atoms with Gasteiger partial charge in [0.1, 0.15) is 6.54 Å². The lowest BCUT2D eigenvalue weighted by Gasteiger charge is -2.27. The first-order valence-electron chi connectivity index (χ1n) is 10.6. The van der Waals surface area contributed by atoms with Gasteiger partial charge in [0.15, 0.2) is 5.54 Å². The van der Waals surface area contributed by atoms with Gasteiger partial charge in [0, 0.05) is 13.0 Å². The van der Waals surface area contributed by atoms with Crippen molar-refractivity contribution in [2.75, 3.05) is 13.1 Å². The third kappa shape index (κ3) is 4.87. The predicted molar refractivity (Wildman–Crippen MR) is 116 cm³/mol. The maximum Gasteiger partial charge on any atom is 0.325 e. The molecule has 2 aromatic rings. The zero-order valence-corrected chi connectivity index (χ0v) is 17.4. The van der Waals surface area contributed by atoms with Crippen LogP contribution in [0.3, 0.4) is 0 Å². The van der Waals surface area contributed by atoms with Crippen molar-refractivity contribution in [1.29, 1.82) is 0 Å². The summed E-state index contributed by atoms with van der Waals surface area (Å²) >= 11 is 0. The Balaban J connectivity index is 1.76. The Bertz CT molecular complexity index is 870. The zero-order chi connectivity index (χ0) is 21.4. The zero-order valence-electron chi connectivity index (χ0n) is 17.4. The van der Waals surface area contributed by atoms with Crippen LogP contribution < -0.4 is 10.6 Å². The number of imide groups is 1. The van der Waals surface area contributed by atoms with Crippen LogP contribution in [0.2, 0.25) is 0 Å². The number of urea groups is 1. The van der Waals surface area contributed by atoms with Crippen LogP contribution in [-0.4, -0.2) is 35.8 Å². The van der Waals surface area contributed by atoms with Crippen LogP contribution in [0.25, 0.3) is 0 Å². The first-order valence-corrected chi connectivity index (χ1v) is 10.6.